The van der Waals surface area contributed by atoms with Gasteiger partial charge in [0.15, 0.2) is 0 Å². The third-order valence-electron chi connectivity index (χ3n) is 5.56. The van der Waals surface area contributed by atoms with Gasteiger partial charge in [-0.05, 0) is 35.9 Å². The third-order valence-corrected chi connectivity index (χ3v) is 6.45. The van der Waals surface area contributed by atoms with Gasteiger partial charge in [-0.3, -0.25) is 0 Å². The van der Waals surface area contributed by atoms with E-state index in [9.17, 15) is 0 Å². The predicted octanol–water partition coefficient (Wildman–Crippen LogP) is 6.50. The molecule has 2 aromatic heterocycles. The van der Waals surface area contributed by atoms with Crippen LogP contribution in [0.25, 0.3) is 11.3 Å². The van der Waals surface area contributed by atoms with Gasteiger partial charge in [0.1, 0.15) is 11.7 Å². The van der Waals surface area contributed by atoms with Crippen molar-refractivity contribution in [2.24, 2.45) is 16.6 Å². The monoisotopic (exact) mass is 428 g/mol. The molecule has 1 aromatic carbocycles. The van der Waals surface area contributed by atoms with Crippen molar-refractivity contribution < 1.29 is 0 Å². The number of benzene rings is 1. The molecule has 0 radical (unpaired) electrons. The number of nitrogens with one attached hydrogen (secondary N) is 1. The highest BCUT2D eigenvalue weighted by Gasteiger charge is 2.13. The van der Waals surface area contributed by atoms with Crippen molar-refractivity contribution >= 4 is 35.3 Å². The topological polar surface area (TPSA) is 67.1 Å². The number of nitrogens with two attached hydrogens (primary N) is 1. The van der Waals surface area contributed by atoms with Crippen LogP contribution in [0.3, 0.4) is 0 Å². The first-order chi connectivity index (χ1) is 13.8. The highest BCUT2D eigenvalue weighted by molar-refractivity contribution is 7.12. The molecule has 3 aromatic rings. The van der Waals surface area contributed by atoms with Crippen molar-refractivity contribution in [2.45, 2.75) is 51.4 Å². The summed E-state index contributed by atoms with van der Waals surface area (Å²) in [5.41, 5.74) is 9.11. The molecule has 1 aliphatic carbocycles. The molecule has 3 N–H and O–H groups in total. The van der Waals surface area contributed by atoms with Crippen LogP contribution in [0.5, 0.6) is 0 Å². The Morgan fingerprint density at radius 3 is 2.83 bits per heavy atom. The van der Waals surface area contributed by atoms with Crippen LogP contribution in [0, 0.1) is 5.92 Å². The Morgan fingerprint density at radius 1 is 1.17 bits per heavy atom. The van der Waals surface area contributed by atoms with E-state index < -0.39 is 0 Å². The van der Waals surface area contributed by atoms with Gasteiger partial charge in [0, 0.05) is 12.0 Å². The molecule has 0 unspecified atom stereocenters. The number of hydrogen-bond donors (Lipinski definition) is 2. The molecule has 1 saturated carbocycles. The van der Waals surface area contributed by atoms with Crippen molar-refractivity contribution in [1.29, 1.82) is 0 Å². The molecule has 29 heavy (non-hydrogen) atoms. The minimum Gasteiger partial charge on any atom is -0.383 e. The molecule has 2 heterocycles. The molecule has 0 atom stereocenters. The van der Waals surface area contributed by atoms with E-state index in [-0.39, 0.29) is 12.4 Å². The number of imidazole rings is 1. The normalized spacial score (nSPS) is 15.2. The zero-order valence-electron chi connectivity index (χ0n) is 16.6. The second kappa shape index (κ2) is 10.6. The molecular weight excluding hydrogens is 400 g/mol. The molecule has 4 nitrogen and oxygen atoms in total. The van der Waals surface area contributed by atoms with Gasteiger partial charge >= 0.3 is 0 Å². The minimum atomic E-state index is 0. The van der Waals surface area contributed by atoms with Gasteiger partial charge in [0.05, 0.1) is 22.5 Å². The fourth-order valence-corrected chi connectivity index (χ4v) is 4.66. The summed E-state index contributed by atoms with van der Waals surface area (Å²) in [5.74, 6) is 2.57. The van der Waals surface area contributed by atoms with Gasteiger partial charge in [-0.1, -0.05) is 56.7 Å². The van der Waals surface area contributed by atoms with Crippen LogP contribution in [0.2, 0.25) is 0 Å². The number of H-pyrrole nitrogens is 1. The van der Waals surface area contributed by atoms with Gasteiger partial charge in [0.2, 0.25) is 0 Å². The second-order valence-corrected chi connectivity index (χ2v) is 8.61. The summed E-state index contributed by atoms with van der Waals surface area (Å²) < 4.78 is 0. The number of aliphatic imine (C=N–C) groups is 1. The first kappa shape index (κ1) is 21.6. The SMILES string of the molecule is Cl.NC(=Nc1cccc(-c2cnc(CCCC3CCCCC3)[nH]2)c1)c1cccs1. The zero-order valence-corrected chi connectivity index (χ0v) is 18.3. The van der Waals surface area contributed by atoms with Crippen LogP contribution in [0.1, 0.15) is 55.6 Å². The lowest BCUT2D eigenvalue weighted by atomic mass is 9.86. The fraction of sp³-hybridized carbons (Fsp3) is 0.391. The Hall–Kier alpha value is -2.11. The van der Waals surface area contributed by atoms with Crippen LogP contribution in [0.4, 0.5) is 5.69 Å². The van der Waals surface area contributed by atoms with Crippen LogP contribution in [-0.2, 0) is 6.42 Å². The molecule has 4 rings (SSSR count). The molecule has 154 valence electrons. The lowest BCUT2D eigenvalue weighted by Crippen LogP contribution is -2.10. The highest BCUT2D eigenvalue weighted by Crippen LogP contribution is 2.28. The largest absolute Gasteiger partial charge is 0.383 e. The van der Waals surface area contributed by atoms with Crippen LogP contribution < -0.4 is 5.73 Å². The smallest absolute Gasteiger partial charge is 0.141 e. The maximum Gasteiger partial charge on any atom is 0.141 e. The molecule has 1 aliphatic rings. The Bertz CT molecular complexity index is 911. The number of nitrogens with zero attached hydrogens (tertiary/aromatic N) is 2. The number of aromatic nitrogens is 2. The van der Waals surface area contributed by atoms with E-state index in [1.807, 2.05) is 35.8 Å². The Balaban J connectivity index is 0.00000240. The number of amidine groups is 1. The van der Waals surface area contributed by atoms with Crippen LogP contribution in [0.15, 0.2) is 53.0 Å². The van der Waals surface area contributed by atoms with Gasteiger partial charge in [-0.15, -0.1) is 23.7 Å². The van der Waals surface area contributed by atoms with E-state index in [2.05, 4.69) is 27.1 Å². The second-order valence-electron chi connectivity index (χ2n) is 7.66. The summed E-state index contributed by atoms with van der Waals surface area (Å²) in [6.45, 7) is 0. The highest BCUT2D eigenvalue weighted by atomic mass is 35.5. The maximum absolute atomic E-state index is 6.12. The van der Waals surface area contributed by atoms with E-state index in [1.54, 1.807) is 11.3 Å². The van der Waals surface area contributed by atoms with Crippen molar-refractivity contribution in [3.05, 3.63) is 58.7 Å². The number of rotatable bonds is 7. The first-order valence-electron chi connectivity index (χ1n) is 10.3. The fourth-order valence-electron chi connectivity index (χ4n) is 4.03. The van der Waals surface area contributed by atoms with Gasteiger partial charge in [-0.25, -0.2) is 9.98 Å². The van der Waals surface area contributed by atoms with Crippen molar-refractivity contribution in [3.63, 3.8) is 0 Å². The van der Waals surface area contributed by atoms with Crippen LogP contribution >= 0.6 is 23.7 Å². The number of halogens is 1. The summed E-state index contributed by atoms with van der Waals surface area (Å²) in [6, 6.07) is 12.1. The quantitative estimate of drug-likeness (QED) is 0.333. The van der Waals surface area contributed by atoms with Gasteiger partial charge < -0.3 is 10.7 Å². The summed E-state index contributed by atoms with van der Waals surface area (Å²) in [4.78, 5) is 13.6. The Labute approximate surface area is 183 Å². The van der Waals surface area contributed by atoms with Gasteiger partial charge in [0.25, 0.3) is 0 Å². The van der Waals surface area contributed by atoms with Crippen molar-refractivity contribution in [2.75, 3.05) is 0 Å². The first-order valence-corrected chi connectivity index (χ1v) is 11.2. The molecule has 6 heteroatoms. The summed E-state index contributed by atoms with van der Waals surface area (Å²) in [5, 5.41) is 2.01. The molecule has 0 amide bonds. The number of hydrogen-bond acceptors (Lipinski definition) is 3. The maximum atomic E-state index is 6.12. The van der Waals surface area contributed by atoms with E-state index in [4.69, 9.17) is 5.73 Å². The van der Waals surface area contributed by atoms with E-state index in [0.29, 0.717) is 5.84 Å². The summed E-state index contributed by atoms with van der Waals surface area (Å²) in [6.07, 6.45) is 12.6. The number of aryl methyl sites for hydroxylation is 1. The minimum absolute atomic E-state index is 0. The lowest BCUT2D eigenvalue weighted by molar-refractivity contribution is 0.332. The predicted molar refractivity (Wildman–Crippen MR) is 125 cm³/mol. The average Bonchev–Trinajstić information content (AvgIpc) is 3.42. The number of thiophene rings is 1. The lowest BCUT2D eigenvalue weighted by Gasteiger charge is -2.20. The molecule has 1 fully saturated rings. The Kier molecular flexibility index (Phi) is 7.90. The Morgan fingerprint density at radius 2 is 2.03 bits per heavy atom. The van der Waals surface area contributed by atoms with E-state index >= 15 is 0 Å². The van der Waals surface area contributed by atoms with Crippen molar-refractivity contribution in [3.8, 4) is 11.3 Å². The summed E-state index contributed by atoms with van der Waals surface area (Å²) >= 11 is 1.60. The summed E-state index contributed by atoms with van der Waals surface area (Å²) in [7, 11) is 0. The molecule has 0 bridgehead atoms. The average molecular weight is 429 g/mol. The molecule has 0 spiro atoms. The van der Waals surface area contributed by atoms with Crippen LogP contribution in [-0.4, -0.2) is 15.8 Å². The van der Waals surface area contributed by atoms with Gasteiger partial charge in [-0.2, -0.15) is 0 Å². The third kappa shape index (κ3) is 5.94. The van der Waals surface area contributed by atoms with E-state index in [0.717, 1.165) is 40.0 Å². The molecular formula is C23H29ClN4S. The van der Waals surface area contributed by atoms with E-state index in [1.165, 1.54) is 44.9 Å². The standard InChI is InChI=1S/C23H28N4S.ClH/c24-23(21-12-6-14-28-21)26-19-11-5-10-18(15-19)20-16-25-22(27-20)13-4-9-17-7-2-1-3-8-17;/h5-6,10-12,14-17H,1-4,7-9,13H2,(H2,24,26)(H,25,27);1H. The number of aromatic amines is 1. The zero-order chi connectivity index (χ0) is 19.2. The molecule has 0 saturated heterocycles. The van der Waals surface area contributed by atoms with Crippen molar-refractivity contribution in [1.82, 2.24) is 9.97 Å². The molecule has 0 aliphatic heterocycles.